The van der Waals surface area contributed by atoms with Gasteiger partial charge in [-0.3, -0.25) is 9.59 Å². The summed E-state index contributed by atoms with van der Waals surface area (Å²) in [5.41, 5.74) is 0.678. The van der Waals surface area contributed by atoms with Gasteiger partial charge in [0.1, 0.15) is 17.6 Å². The van der Waals surface area contributed by atoms with E-state index in [9.17, 15) is 40.7 Å². The van der Waals surface area contributed by atoms with E-state index in [-0.39, 0.29) is 56.0 Å². The first-order valence-electron chi connectivity index (χ1n) is 14.2. The van der Waals surface area contributed by atoms with Crippen molar-refractivity contribution >= 4 is 21.7 Å². The van der Waals surface area contributed by atoms with Crippen molar-refractivity contribution in [3.05, 3.63) is 65.0 Å². The van der Waals surface area contributed by atoms with Gasteiger partial charge in [-0.15, -0.1) is 0 Å². The van der Waals surface area contributed by atoms with Crippen LogP contribution in [0.4, 0.5) is 17.6 Å². The molecule has 0 bridgehead atoms. The van der Waals surface area contributed by atoms with Crippen LogP contribution in [0.5, 0.6) is 5.75 Å². The number of aromatic hydroxyl groups is 1. The molecule has 2 aliphatic heterocycles. The highest BCUT2D eigenvalue weighted by Crippen LogP contribution is 2.43. The molecule has 2 saturated heterocycles. The molecule has 0 aromatic heterocycles. The molecule has 1 amide bonds. The highest BCUT2D eigenvalue weighted by molar-refractivity contribution is 7.88. The molecule has 4 rings (SSSR count). The predicted molar refractivity (Wildman–Crippen MR) is 153 cm³/mol. The van der Waals surface area contributed by atoms with E-state index in [0.29, 0.717) is 18.4 Å². The number of phenolic OH excluding ortho intramolecular Hbond substituents is 1. The Morgan fingerprint density at radius 2 is 1.74 bits per heavy atom. The highest BCUT2D eigenvalue weighted by Gasteiger charge is 2.51. The summed E-state index contributed by atoms with van der Waals surface area (Å²) in [4.78, 5) is 30.9. The number of rotatable bonds is 8. The molecule has 43 heavy (non-hydrogen) atoms. The smallest absolute Gasteiger partial charge is 0.408 e. The second-order valence-corrected chi connectivity index (χ2v) is 13.6. The van der Waals surface area contributed by atoms with Gasteiger partial charge in [-0.1, -0.05) is 24.3 Å². The molecule has 8 nitrogen and oxygen atoms in total. The maximum absolute atomic E-state index is 14.9. The third-order valence-corrected chi connectivity index (χ3v) is 10.0. The van der Waals surface area contributed by atoms with E-state index in [4.69, 9.17) is 0 Å². The fraction of sp³-hybridized carbons (Fsp3) is 0.533. The lowest BCUT2D eigenvalue weighted by Gasteiger charge is -2.47. The van der Waals surface area contributed by atoms with Crippen molar-refractivity contribution in [3.8, 4) is 5.75 Å². The molecule has 13 heteroatoms. The number of benzene rings is 2. The molecule has 2 aromatic rings. The van der Waals surface area contributed by atoms with Gasteiger partial charge in [0.05, 0.1) is 12.2 Å². The van der Waals surface area contributed by atoms with Crippen LogP contribution in [0.1, 0.15) is 46.7 Å². The number of ketones is 1. The largest absolute Gasteiger partial charge is 0.508 e. The molecule has 1 N–H and O–H groups in total. The van der Waals surface area contributed by atoms with Crippen LogP contribution in [-0.4, -0.2) is 97.6 Å². The number of amides is 1. The molecule has 0 saturated carbocycles. The molecule has 4 atom stereocenters. The van der Waals surface area contributed by atoms with Crippen LogP contribution in [0, 0.1) is 24.6 Å². The van der Waals surface area contributed by atoms with Crippen LogP contribution in [-0.2, 0) is 14.8 Å². The third kappa shape index (κ3) is 7.38. The van der Waals surface area contributed by atoms with E-state index in [1.165, 1.54) is 50.4 Å². The second-order valence-electron chi connectivity index (χ2n) is 11.5. The Morgan fingerprint density at radius 3 is 2.40 bits per heavy atom. The van der Waals surface area contributed by atoms with Gasteiger partial charge in [-0.2, -0.15) is 13.2 Å². The maximum Gasteiger partial charge on any atom is 0.408 e. The summed E-state index contributed by atoms with van der Waals surface area (Å²) < 4.78 is 82.5. The minimum atomic E-state index is -4.65. The van der Waals surface area contributed by atoms with Crippen molar-refractivity contribution in [3.63, 3.8) is 0 Å². The lowest BCUT2D eigenvalue weighted by Crippen LogP contribution is -2.58. The molecule has 2 aromatic carbocycles. The SMILES string of the molecule is Cc1c(F)cccc1[C@@H]1[C@@H](C(=O)c2cccc(O)c2)CN(CCN(C)S(C)(=O)=O)C[C@H]1C(=O)N1CCCC[C@@H]1C(F)(F)F. The van der Waals surface area contributed by atoms with Crippen molar-refractivity contribution in [1.82, 2.24) is 14.1 Å². The van der Waals surface area contributed by atoms with Crippen LogP contribution < -0.4 is 0 Å². The van der Waals surface area contributed by atoms with Crippen molar-refractivity contribution in [1.29, 1.82) is 0 Å². The number of nitrogens with zero attached hydrogens (tertiary/aromatic N) is 3. The van der Waals surface area contributed by atoms with E-state index in [1.807, 2.05) is 0 Å². The van der Waals surface area contributed by atoms with Crippen LogP contribution in [0.25, 0.3) is 0 Å². The van der Waals surface area contributed by atoms with Gasteiger partial charge in [-0.25, -0.2) is 17.1 Å². The molecule has 0 unspecified atom stereocenters. The van der Waals surface area contributed by atoms with Crippen molar-refractivity contribution in [2.24, 2.45) is 11.8 Å². The van der Waals surface area contributed by atoms with Gasteiger partial charge in [0, 0.05) is 57.2 Å². The van der Waals surface area contributed by atoms with E-state index in [1.54, 1.807) is 11.0 Å². The number of alkyl halides is 3. The number of carbonyl (C=O) groups excluding carboxylic acids is 2. The number of likely N-dealkylation sites (N-methyl/N-ethyl adjacent to an activating group) is 1. The molecule has 236 valence electrons. The summed E-state index contributed by atoms with van der Waals surface area (Å²) in [5.74, 6) is -5.12. The van der Waals surface area contributed by atoms with Crippen molar-refractivity contribution in [2.45, 2.75) is 44.3 Å². The number of sulfonamides is 1. The number of piperidine rings is 2. The number of Topliss-reactive ketones (excluding diaryl/α,β-unsaturated/α-hetero) is 1. The van der Waals surface area contributed by atoms with Crippen LogP contribution in [0.2, 0.25) is 0 Å². The van der Waals surface area contributed by atoms with E-state index < -0.39 is 57.5 Å². The molecule has 2 fully saturated rings. The Balaban J connectivity index is 1.83. The average molecular weight is 628 g/mol. The van der Waals surface area contributed by atoms with Gasteiger partial charge in [-0.05, 0) is 55.5 Å². The first kappa shape index (κ1) is 32.9. The van der Waals surface area contributed by atoms with Gasteiger partial charge < -0.3 is 14.9 Å². The first-order valence-corrected chi connectivity index (χ1v) is 16.0. The molecular weight excluding hydrogens is 590 g/mol. The average Bonchev–Trinajstić information content (AvgIpc) is 2.95. The second kappa shape index (κ2) is 12.9. The van der Waals surface area contributed by atoms with Gasteiger partial charge in [0.15, 0.2) is 5.78 Å². The summed E-state index contributed by atoms with van der Waals surface area (Å²) in [5, 5.41) is 10.1. The maximum atomic E-state index is 14.9. The van der Waals surface area contributed by atoms with E-state index >= 15 is 0 Å². The van der Waals surface area contributed by atoms with Crippen LogP contribution >= 0.6 is 0 Å². The quantitative estimate of drug-likeness (QED) is 0.348. The number of halogens is 4. The number of hydrogen-bond donors (Lipinski definition) is 1. The first-order chi connectivity index (χ1) is 20.1. The van der Waals surface area contributed by atoms with Gasteiger partial charge in [0.25, 0.3) is 0 Å². The monoisotopic (exact) mass is 627 g/mol. The minimum absolute atomic E-state index is 0.0192. The molecule has 0 aliphatic carbocycles. The van der Waals surface area contributed by atoms with Gasteiger partial charge in [0.2, 0.25) is 15.9 Å². The summed E-state index contributed by atoms with van der Waals surface area (Å²) >= 11 is 0. The molecule has 0 spiro atoms. The molecule has 2 heterocycles. The van der Waals surface area contributed by atoms with Crippen molar-refractivity contribution < 1.29 is 40.7 Å². The third-order valence-electron chi connectivity index (χ3n) is 8.69. The summed E-state index contributed by atoms with van der Waals surface area (Å²) in [6, 6.07) is 7.94. The zero-order valence-electron chi connectivity index (χ0n) is 24.3. The predicted octanol–water partition coefficient (Wildman–Crippen LogP) is 4.19. The van der Waals surface area contributed by atoms with E-state index in [0.717, 1.165) is 15.5 Å². The number of carbonyl (C=O) groups is 2. The molecule has 2 aliphatic rings. The fourth-order valence-corrected chi connectivity index (χ4v) is 6.70. The Hall–Kier alpha value is -3.03. The Kier molecular flexibility index (Phi) is 9.87. The zero-order chi connectivity index (χ0) is 31.7. The van der Waals surface area contributed by atoms with Gasteiger partial charge >= 0.3 is 6.18 Å². The van der Waals surface area contributed by atoms with Crippen LogP contribution in [0.3, 0.4) is 0 Å². The van der Waals surface area contributed by atoms with E-state index in [2.05, 4.69) is 0 Å². The van der Waals surface area contributed by atoms with Crippen molar-refractivity contribution in [2.75, 3.05) is 46.0 Å². The summed E-state index contributed by atoms with van der Waals surface area (Å²) in [6.45, 7) is 1.52. The highest BCUT2D eigenvalue weighted by atomic mass is 32.2. The lowest BCUT2D eigenvalue weighted by molar-refractivity contribution is -0.198. The zero-order valence-corrected chi connectivity index (χ0v) is 25.2. The number of hydrogen-bond acceptors (Lipinski definition) is 6. The topological polar surface area (TPSA) is 98.2 Å². The Bertz CT molecular complexity index is 1450. The number of phenols is 1. The van der Waals surface area contributed by atoms with Crippen LogP contribution in [0.15, 0.2) is 42.5 Å². The number of likely N-dealkylation sites (tertiary alicyclic amines) is 2. The molecular formula is C30H37F4N3O5S. The fourth-order valence-electron chi connectivity index (χ4n) is 6.29. The standard InChI is InChI=1S/C30H37F4N3O5S/c1-19-22(10-7-11-25(19)31)27-23(28(39)20-8-6-9-21(38)16-20)17-36(15-14-35(2)43(3,41)42)18-24(27)29(40)37-13-5-4-12-26(37)30(32,33)34/h6-11,16,23-24,26-27,38H,4-5,12-15,17-18H2,1-3H3/t23-,24+,26+,27+/m0/s1. The lowest BCUT2D eigenvalue weighted by atomic mass is 9.69. The normalized spacial score (nSPS) is 23.9. The minimum Gasteiger partial charge on any atom is -0.508 e. The molecule has 0 radical (unpaired) electrons. The summed E-state index contributed by atoms with van der Waals surface area (Å²) in [7, 11) is -2.16. The Morgan fingerprint density at radius 1 is 1.07 bits per heavy atom. The summed E-state index contributed by atoms with van der Waals surface area (Å²) in [6.07, 6.45) is -3.14. The Labute approximate surface area is 249 Å².